The molecule has 0 radical (unpaired) electrons. The Morgan fingerprint density at radius 2 is 2.14 bits per heavy atom. The van der Waals surface area contributed by atoms with Crippen LogP contribution in [0.3, 0.4) is 0 Å². The molecule has 3 rings (SSSR count). The summed E-state index contributed by atoms with van der Waals surface area (Å²) in [7, 11) is 0. The third-order valence-electron chi connectivity index (χ3n) is 4.16. The van der Waals surface area contributed by atoms with E-state index in [9.17, 15) is 4.79 Å². The van der Waals surface area contributed by atoms with Gasteiger partial charge in [-0.05, 0) is 29.1 Å². The highest BCUT2D eigenvalue weighted by Crippen LogP contribution is 2.23. The molecule has 1 aromatic carbocycles. The molecular weight excluding hydrogens is 316 g/mol. The van der Waals surface area contributed by atoms with Crippen molar-refractivity contribution in [2.24, 2.45) is 0 Å². The minimum atomic E-state index is 0.119. The standard InChI is InChI=1S/C17H19ClN2OS/c18-14-7-5-13(6-8-14)11-19-17(21)12-20-9-1-3-15(20)16-4-2-10-22-16/h2,4-8,10,15H,1,3,9,11-12H2,(H,19,21)/p+1/t15-/m1/s1. The van der Waals surface area contributed by atoms with Crippen molar-refractivity contribution in [3.63, 3.8) is 0 Å². The number of quaternary nitrogens is 1. The molecule has 1 amide bonds. The number of nitrogens with one attached hydrogen (secondary N) is 2. The maximum Gasteiger partial charge on any atom is 0.275 e. The van der Waals surface area contributed by atoms with Crippen molar-refractivity contribution in [2.75, 3.05) is 13.1 Å². The van der Waals surface area contributed by atoms with Gasteiger partial charge >= 0.3 is 0 Å². The van der Waals surface area contributed by atoms with Crippen molar-refractivity contribution in [1.29, 1.82) is 0 Å². The molecule has 0 saturated carbocycles. The second-order valence-electron chi connectivity index (χ2n) is 5.70. The molecule has 0 bridgehead atoms. The van der Waals surface area contributed by atoms with Crippen molar-refractivity contribution in [1.82, 2.24) is 5.32 Å². The van der Waals surface area contributed by atoms with Gasteiger partial charge in [0.05, 0.1) is 11.4 Å². The number of carbonyl (C=O) groups is 1. The summed E-state index contributed by atoms with van der Waals surface area (Å²) in [5.41, 5.74) is 1.07. The molecule has 5 heteroatoms. The van der Waals surface area contributed by atoms with Crippen molar-refractivity contribution < 1.29 is 9.69 Å². The minimum Gasteiger partial charge on any atom is -0.347 e. The van der Waals surface area contributed by atoms with Crippen LogP contribution in [0.4, 0.5) is 0 Å². The number of hydrogen-bond donors (Lipinski definition) is 2. The Bertz CT molecular complexity index is 612. The fourth-order valence-corrected chi connectivity index (χ4v) is 4.07. The Hall–Kier alpha value is -1.36. The van der Waals surface area contributed by atoms with Crippen molar-refractivity contribution >= 4 is 28.8 Å². The average Bonchev–Trinajstić information content (AvgIpc) is 3.17. The zero-order valence-electron chi connectivity index (χ0n) is 12.3. The lowest BCUT2D eigenvalue weighted by Crippen LogP contribution is -3.11. The SMILES string of the molecule is O=C(C[NH+]1CCC[C@@H]1c1cccs1)NCc1ccc(Cl)cc1. The predicted octanol–water partition coefficient (Wildman–Crippen LogP) is 2.44. The average molecular weight is 336 g/mol. The smallest absolute Gasteiger partial charge is 0.275 e. The number of amides is 1. The maximum absolute atomic E-state index is 12.2. The first kappa shape index (κ1) is 15.5. The van der Waals surface area contributed by atoms with E-state index in [0.29, 0.717) is 19.1 Å². The number of likely N-dealkylation sites (tertiary alicyclic amines) is 1. The molecule has 3 nitrogen and oxygen atoms in total. The molecule has 116 valence electrons. The minimum absolute atomic E-state index is 0.119. The van der Waals surface area contributed by atoms with Gasteiger partial charge < -0.3 is 10.2 Å². The second-order valence-corrected chi connectivity index (χ2v) is 7.11. The van der Waals surface area contributed by atoms with Crippen molar-refractivity contribution in [3.8, 4) is 0 Å². The van der Waals surface area contributed by atoms with Crippen LogP contribution in [0.5, 0.6) is 0 Å². The van der Waals surface area contributed by atoms with Gasteiger partial charge in [0.25, 0.3) is 5.91 Å². The van der Waals surface area contributed by atoms with Crippen LogP contribution in [0, 0.1) is 0 Å². The summed E-state index contributed by atoms with van der Waals surface area (Å²) in [6, 6.07) is 12.4. The monoisotopic (exact) mass is 335 g/mol. The van der Waals surface area contributed by atoms with Gasteiger partial charge in [0.1, 0.15) is 6.04 Å². The zero-order chi connectivity index (χ0) is 15.4. The Morgan fingerprint density at radius 3 is 2.86 bits per heavy atom. The third-order valence-corrected chi connectivity index (χ3v) is 5.40. The van der Waals surface area contributed by atoms with Crippen molar-refractivity contribution in [2.45, 2.75) is 25.4 Å². The van der Waals surface area contributed by atoms with Gasteiger partial charge in [-0.1, -0.05) is 29.8 Å². The zero-order valence-corrected chi connectivity index (χ0v) is 13.9. The van der Waals surface area contributed by atoms with E-state index < -0.39 is 0 Å². The van der Waals surface area contributed by atoms with Gasteiger partial charge in [-0.3, -0.25) is 4.79 Å². The van der Waals surface area contributed by atoms with Gasteiger partial charge in [-0.2, -0.15) is 0 Å². The number of benzene rings is 1. The van der Waals surface area contributed by atoms with Crippen LogP contribution in [-0.4, -0.2) is 19.0 Å². The fourth-order valence-electron chi connectivity index (χ4n) is 3.03. The van der Waals surface area contributed by atoms with E-state index in [1.807, 2.05) is 24.3 Å². The first-order valence-corrected chi connectivity index (χ1v) is 8.87. The number of thiophene rings is 1. The van der Waals surface area contributed by atoms with Crippen LogP contribution in [0.2, 0.25) is 5.02 Å². The molecular formula is C17H20ClN2OS+. The summed E-state index contributed by atoms with van der Waals surface area (Å²) in [5, 5.41) is 5.85. The Labute approximate surface area is 139 Å². The molecule has 1 aromatic heterocycles. The van der Waals surface area contributed by atoms with Crippen LogP contribution in [0.1, 0.15) is 29.3 Å². The van der Waals surface area contributed by atoms with E-state index in [4.69, 9.17) is 11.6 Å². The van der Waals surface area contributed by atoms with Crippen molar-refractivity contribution in [3.05, 3.63) is 57.2 Å². The number of halogens is 1. The van der Waals surface area contributed by atoms with E-state index >= 15 is 0 Å². The molecule has 1 aliphatic rings. The topological polar surface area (TPSA) is 33.5 Å². The highest BCUT2D eigenvalue weighted by molar-refractivity contribution is 7.10. The summed E-state index contributed by atoms with van der Waals surface area (Å²) in [4.78, 5) is 15.0. The second kappa shape index (κ2) is 7.27. The normalized spacial score (nSPS) is 21.0. The van der Waals surface area contributed by atoms with E-state index in [1.165, 1.54) is 22.6 Å². The van der Waals surface area contributed by atoms with Gasteiger partial charge in [0.2, 0.25) is 0 Å². The van der Waals surface area contributed by atoms with Crippen LogP contribution in [0.15, 0.2) is 41.8 Å². The van der Waals surface area contributed by atoms with E-state index in [-0.39, 0.29) is 5.91 Å². The molecule has 22 heavy (non-hydrogen) atoms. The maximum atomic E-state index is 12.2. The Kier molecular flexibility index (Phi) is 5.13. The molecule has 2 aromatic rings. The van der Waals surface area contributed by atoms with Gasteiger partial charge in [-0.15, -0.1) is 11.3 Å². The molecule has 1 aliphatic heterocycles. The van der Waals surface area contributed by atoms with E-state index in [0.717, 1.165) is 17.1 Å². The molecule has 1 saturated heterocycles. The molecule has 0 aliphatic carbocycles. The van der Waals surface area contributed by atoms with Crippen LogP contribution in [0.25, 0.3) is 0 Å². The lowest BCUT2D eigenvalue weighted by molar-refractivity contribution is -0.910. The fraction of sp³-hybridized carbons (Fsp3) is 0.353. The molecule has 0 spiro atoms. The predicted molar refractivity (Wildman–Crippen MR) is 90.3 cm³/mol. The van der Waals surface area contributed by atoms with E-state index in [1.54, 1.807) is 11.3 Å². The van der Waals surface area contributed by atoms with Gasteiger partial charge in [-0.25, -0.2) is 0 Å². The number of hydrogen-bond acceptors (Lipinski definition) is 2. The molecule has 2 N–H and O–H groups in total. The largest absolute Gasteiger partial charge is 0.347 e. The van der Waals surface area contributed by atoms with Gasteiger partial charge in [0.15, 0.2) is 6.54 Å². The summed E-state index contributed by atoms with van der Waals surface area (Å²) >= 11 is 7.66. The first-order chi connectivity index (χ1) is 10.7. The quantitative estimate of drug-likeness (QED) is 0.864. The number of carbonyl (C=O) groups excluding carboxylic acids is 1. The third kappa shape index (κ3) is 3.88. The Balaban J connectivity index is 1.52. The van der Waals surface area contributed by atoms with Crippen LogP contribution in [-0.2, 0) is 11.3 Å². The summed E-state index contributed by atoms with van der Waals surface area (Å²) < 4.78 is 0. The molecule has 1 unspecified atom stereocenters. The van der Waals surface area contributed by atoms with E-state index in [2.05, 4.69) is 22.8 Å². The number of rotatable bonds is 5. The lowest BCUT2D eigenvalue weighted by atomic mass is 10.2. The summed E-state index contributed by atoms with van der Waals surface area (Å²) in [5.74, 6) is 0.119. The summed E-state index contributed by atoms with van der Waals surface area (Å²) in [6.45, 7) is 2.19. The molecule has 2 heterocycles. The van der Waals surface area contributed by atoms with Gasteiger partial charge in [0, 0.05) is 24.4 Å². The first-order valence-electron chi connectivity index (χ1n) is 7.61. The van der Waals surface area contributed by atoms with Crippen LogP contribution >= 0.6 is 22.9 Å². The Morgan fingerprint density at radius 1 is 1.32 bits per heavy atom. The lowest BCUT2D eigenvalue weighted by Gasteiger charge is -2.20. The molecule has 1 fully saturated rings. The summed E-state index contributed by atoms with van der Waals surface area (Å²) in [6.07, 6.45) is 2.38. The highest BCUT2D eigenvalue weighted by Gasteiger charge is 2.32. The highest BCUT2D eigenvalue weighted by atomic mass is 35.5. The molecule has 2 atom stereocenters. The van der Waals surface area contributed by atoms with Crippen LogP contribution < -0.4 is 10.2 Å².